The van der Waals surface area contributed by atoms with Crippen LogP contribution in [0.25, 0.3) is 0 Å². The molecule has 0 bridgehead atoms. The highest BCUT2D eigenvalue weighted by molar-refractivity contribution is 5.92. The molecule has 4 amide bonds. The zero-order valence-electron chi connectivity index (χ0n) is 8.43. The third kappa shape index (κ3) is 3.68. The van der Waals surface area contributed by atoms with Crippen LogP contribution in [-0.2, 0) is 6.54 Å². The number of benzene rings is 1. The first kappa shape index (κ1) is 11.0. The van der Waals surface area contributed by atoms with Gasteiger partial charge in [-0.25, -0.2) is 9.59 Å². The van der Waals surface area contributed by atoms with Gasteiger partial charge in [-0.05, 0) is 5.56 Å². The smallest absolute Gasteiger partial charge is 0.325 e. The van der Waals surface area contributed by atoms with Crippen LogP contribution in [0.2, 0.25) is 0 Å². The number of amides is 4. The number of nitrogens with one attached hydrogen (secondary N) is 1. The van der Waals surface area contributed by atoms with Crippen molar-refractivity contribution in [2.45, 2.75) is 6.54 Å². The van der Waals surface area contributed by atoms with Gasteiger partial charge in [0.05, 0.1) is 0 Å². The van der Waals surface area contributed by atoms with Crippen molar-refractivity contribution in [1.82, 2.24) is 10.2 Å². The molecule has 0 aliphatic heterocycles. The van der Waals surface area contributed by atoms with Crippen molar-refractivity contribution in [3.8, 4) is 0 Å². The number of hydrogen-bond acceptors (Lipinski definition) is 2. The summed E-state index contributed by atoms with van der Waals surface area (Å²) in [4.78, 5) is 23.1. The van der Waals surface area contributed by atoms with Crippen molar-refractivity contribution in [2.24, 2.45) is 5.73 Å². The number of urea groups is 2. The standard InChI is InChI=1S/C10H13N3O2/c1-13(10(15)12-9(11)14)7-8-5-3-2-4-6-8/h2-6H,7H2,1H3,(H3,11,12,14,15). The van der Waals surface area contributed by atoms with Gasteiger partial charge in [0.15, 0.2) is 0 Å². The summed E-state index contributed by atoms with van der Waals surface area (Å²) in [5, 5.41) is 1.99. The monoisotopic (exact) mass is 207 g/mol. The van der Waals surface area contributed by atoms with Gasteiger partial charge in [0.1, 0.15) is 0 Å². The van der Waals surface area contributed by atoms with Crippen molar-refractivity contribution in [3.05, 3.63) is 35.9 Å². The third-order valence-corrected chi connectivity index (χ3v) is 1.84. The topological polar surface area (TPSA) is 75.4 Å². The molecule has 0 saturated heterocycles. The molecule has 1 aromatic carbocycles. The molecule has 0 radical (unpaired) electrons. The van der Waals surface area contributed by atoms with Gasteiger partial charge in [-0.1, -0.05) is 30.3 Å². The van der Waals surface area contributed by atoms with Gasteiger partial charge >= 0.3 is 12.1 Å². The first-order valence-corrected chi connectivity index (χ1v) is 4.45. The lowest BCUT2D eigenvalue weighted by Gasteiger charge is -2.16. The minimum Gasteiger partial charge on any atom is -0.351 e. The first-order chi connectivity index (χ1) is 7.09. The van der Waals surface area contributed by atoms with Crippen molar-refractivity contribution < 1.29 is 9.59 Å². The number of carbonyl (C=O) groups is 2. The Bertz CT molecular complexity index is 351. The van der Waals surface area contributed by atoms with Crippen LogP contribution in [0.4, 0.5) is 9.59 Å². The van der Waals surface area contributed by atoms with E-state index in [2.05, 4.69) is 0 Å². The Morgan fingerprint density at radius 1 is 1.33 bits per heavy atom. The fourth-order valence-corrected chi connectivity index (χ4v) is 1.13. The van der Waals surface area contributed by atoms with Crippen molar-refractivity contribution in [1.29, 1.82) is 0 Å². The number of rotatable bonds is 2. The molecule has 5 heteroatoms. The molecule has 0 fully saturated rings. The molecule has 0 saturated carbocycles. The van der Waals surface area contributed by atoms with Gasteiger partial charge in [0.2, 0.25) is 0 Å². The Labute approximate surface area is 87.9 Å². The summed E-state index contributed by atoms with van der Waals surface area (Å²) in [5.41, 5.74) is 5.81. The second-order valence-corrected chi connectivity index (χ2v) is 3.14. The van der Waals surface area contributed by atoms with Crippen LogP contribution >= 0.6 is 0 Å². The number of nitrogens with two attached hydrogens (primary N) is 1. The van der Waals surface area contributed by atoms with Gasteiger partial charge in [-0.3, -0.25) is 5.32 Å². The molecule has 80 valence electrons. The van der Waals surface area contributed by atoms with E-state index in [-0.39, 0.29) is 0 Å². The second-order valence-electron chi connectivity index (χ2n) is 3.14. The molecule has 0 unspecified atom stereocenters. The SMILES string of the molecule is CN(Cc1ccccc1)C(=O)NC(N)=O. The van der Waals surface area contributed by atoms with Crippen LogP contribution in [0.1, 0.15) is 5.56 Å². The zero-order chi connectivity index (χ0) is 11.3. The van der Waals surface area contributed by atoms with E-state index >= 15 is 0 Å². The molecule has 0 aliphatic carbocycles. The number of primary amides is 1. The Balaban J connectivity index is 2.52. The molecule has 3 N–H and O–H groups in total. The van der Waals surface area contributed by atoms with Gasteiger partial charge in [-0.2, -0.15) is 0 Å². The lowest BCUT2D eigenvalue weighted by atomic mass is 10.2. The predicted molar refractivity (Wildman–Crippen MR) is 56.0 cm³/mol. The van der Waals surface area contributed by atoms with E-state index in [9.17, 15) is 9.59 Å². The van der Waals surface area contributed by atoms with Crippen LogP contribution in [-0.4, -0.2) is 24.0 Å². The maximum Gasteiger partial charge on any atom is 0.325 e. The van der Waals surface area contributed by atoms with E-state index in [0.717, 1.165) is 5.56 Å². The highest BCUT2D eigenvalue weighted by Gasteiger charge is 2.09. The Morgan fingerprint density at radius 2 is 1.93 bits per heavy atom. The van der Waals surface area contributed by atoms with Gasteiger partial charge in [0.25, 0.3) is 0 Å². The molecule has 1 aromatic rings. The molecule has 15 heavy (non-hydrogen) atoms. The van der Waals surface area contributed by atoms with Gasteiger partial charge < -0.3 is 10.6 Å². The summed E-state index contributed by atoms with van der Waals surface area (Å²) in [6.45, 7) is 0.431. The van der Waals surface area contributed by atoms with E-state index in [1.165, 1.54) is 4.90 Å². The number of imide groups is 1. The van der Waals surface area contributed by atoms with Crippen LogP contribution < -0.4 is 11.1 Å². The fourth-order valence-electron chi connectivity index (χ4n) is 1.13. The molecule has 0 spiro atoms. The summed E-state index contributed by atoms with van der Waals surface area (Å²) in [7, 11) is 1.59. The van der Waals surface area contributed by atoms with Crippen LogP contribution in [0.5, 0.6) is 0 Å². The molecule has 0 aliphatic rings. The summed E-state index contributed by atoms with van der Waals surface area (Å²) < 4.78 is 0. The summed E-state index contributed by atoms with van der Waals surface area (Å²) >= 11 is 0. The van der Waals surface area contributed by atoms with Gasteiger partial charge in [0, 0.05) is 13.6 Å². The van der Waals surface area contributed by atoms with Crippen molar-refractivity contribution >= 4 is 12.1 Å². The molecule has 5 nitrogen and oxygen atoms in total. The Morgan fingerprint density at radius 3 is 2.47 bits per heavy atom. The van der Waals surface area contributed by atoms with Crippen LogP contribution in [0, 0.1) is 0 Å². The molecular formula is C10H13N3O2. The predicted octanol–water partition coefficient (Wildman–Crippen LogP) is 0.907. The van der Waals surface area contributed by atoms with Crippen molar-refractivity contribution in [3.63, 3.8) is 0 Å². The van der Waals surface area contributed by atoms with Crippen LogP contribution in [0.3, 0.4) is 0 Å². The Hall–Kier alpha value is -2.04. The number of hydrogen-bond donors (Lipinski definition) is 2. The van der Waals surface area contributed by atoms with E-state index in [0.29, 0.717) is 6.54 Å². The zero-order valence-corrected chi connectivity index (χ0v) is 8.43. The number of carbonyl (C=O) groups excluding carboxylic acids is 2. The van der Waals surface area contributed by atoms with E-state index < -0.39 is 12.1 Å². The summed E-state index contributed by atoms with van der Waals surface area (Å²) in [6, 6.07) is 8.10. The normalized spacial score (nSPS) is 9.40. The lowest BCUT2D eigenvalue weighted by molar-refractivity contribution is 0.204. The summed E-state index contributed by atoms with van der Waals surface area (Å²) in [5.74, 6) is 0. The highest BCUT2D eigenvalue weighted by Crippen LogP contribution is 2.02. The summed E-state index contributed by atoms with van der Waals surface area (Å²) in [6.07, 6.45) is 0. The molecule has 0 aromatic heterocycles. The molecular weight excluding hydrogens is 194 g/mol. The average Bonchev–Trinajstić information content (AvgIpc) is 2.18. The lowest BCUT2D eigenvalue weighted by Crippen LogP contribution is -2.42. The third-order valence-electron chi connectivity index (χ3n) is 1.84. The fraction of sp³-hybridized carbons (Fsp3) is 0.200. The minimum atomic E-state index is -0.847. The number of nitrogens with zero attached hydrogens (tertiary/aromatic N) is 1. The Kier molecular flexibility index (Phi) is 3.68. The molecule has 1 rings (SSSR count). The average molecular weight is 207 g/mol. The highest BCUT2D eigenvalue weighted by atomic mass is 16.2. The van der Waals surface area contributed by atoms with Crippen LogP contribution in [0.15, 0.2) is 30.3 Å². The van der Waals surface area contributed by atoms with Gasteiger partial charge in [-0.15, -0.1) is 0 Å². The quantitative estimate of drug-likeness (QED) is 0.756. The van der Waals surface area contributed by atoms with E-state index in [1.54, 1.807) is 7.05 Å². The van der Waals surface area contributed by atoms with Crippen molar-refractivity contribution in [2.75, 3.05) is 7.05 Å². The largest absolute Gasteiger partial charge is 0.351 e. The van der Waals surface area contributed by atoms with E-state index in [4.69, 9.17) is 5.73 Å². The first-order valence-electron chi connectivity index (χ1n) is 4.45. The maximum absolute atomic E-state index is 11.3. The molecule has 0 heterocycles. The van der Waals surface area contributed by atoms with E-state index in [1.807, 2.05) is 35.6 Å². The second kappa shape index (κ2) is 4.99. The minimum absolute atomic E-state index is 0.431. The molecule has 0 atom stereocenters. The maximum atomic E-state index is 11.3.